The summed E-state index contributed by atoms with van der Waals surface area (Å²) in [5, 5.41) is 0.824. The van der Waals surface area contributed by atoms with E-state index >= 15 is 0 Å². The lowest BCUT2D eigenvalue weighted by atomic mass is 10.2. The number of amides is 1. The van der Waals surface area contributed by atoms with Gasteiger partial charge in [-0.1, -0.05) is 23.2 Å². The standard InChI is InChI=1S/C17H23Cl2N3O4S/c1-13(26-16-5-4-14(18)12-15(16)19)17(23)20-8-10-22(11-9-20)27(24,25)21-6-2-3-7-21/h4-5,12-13H,2-3,6-11H2,1H3/t13-/m0/s1. The lowest BCUT2D eigenvalue weighted by Gasteiger charge is -2.36. The topological polar surface area (TPSA) is 70.2 Å². The van der Waals surface area contributed by atoms with Crippen molar-refractivity contribution in [2.45, 2.75) is 25.9 Å². The van der Waals surface area contributed by atoms with Gasteiger partial charge < -0.3 is 9.64 Å². The second kappa shape index (κ2) is 8.53. The normalized spacial score (nSPS) is 20.6. The van der Waals surface area contributed by atoms with E-state index in [1.165, 1.54) is 8.61 Å². The molecule has 3 rings (SSSR count). The average molecular weight is 436 g/mol. The Morgan fingerprint density at radius 3 is 2.22 bits per heavy atom. The molecule has 27 heavy (non-hydrogen) atoms. The van der Waals surface area contributed by atoms with Crippen molar-refractivity contribution in [3.8, 4) is 5.75 Å². The van der Waals surface area contributed by atoms with Crippen LogP contribution in [0.15, 0.2) is 18.2 Å². The molecular formula is C17H23Cl2N3O4S. The van der Waals surface area contributed by atoms with Gasteiger partial charge in [0.05, 0.1) is 5.02 Å². The Morgan fingerprint density at radius 1 is 1.04 bits per heavy atom. The number of benzene rings is 1. The minimum Gasteiger partial charge on any atom is -0.479 e. The van der Waals surface area contributed by atoms with Gasteiger partial charge in [0.25, 0.3) is 16.1 Å². The molecule has 0 spiro atoms. The summed E-state index contributed by atoms with van der Waals surface area (Å²) in [6, 6.07) is 4.81. The lowest BCUT2D eigenvalue weighted by molar-refractivity contribution is -0.139. The number of ether oxygens (including phenoxy) is 1. The van der Waals surface area contributed by atoms with Gasteiger partial charge in [0.2, 0.25) is 0 Å². The molecule has 2 aliphatic heterocycles. The number of carbonyl (C=O) groups is 1. The zero-order valence-corrected chi connectivity index (χ0v) is 17.4. The molecule has 0 saturated carbocycles. The fourth-order valence-corrected chi connectivity index (χ4v) is 5.41. The van der Waals surface area contributed by atoms with E-state index in [1.807, 2.05) is 0 Å². The van der Waals surface area contributed by atoms with Crippen LogP contribution in [0.4, 0.5) is 0 Å². The molecule has 2 saturated heterocycles. The highest BCUT2D eigenvalue weighted by molar-refractivity contribution is 7.86. The maximum absolute atomic E-state index is 12.6. The highest BCUT2D eigenvalue weighted by Crippen LogP contribution is 2.28. The number of hydrogen-bond donors (Lipinski definition) is 0. The van der Waals surface area contributed by atoms with E-state index in [1.54, 1.807) is 30.0 Å². The van der Waals surface area contributed by atoms with Crippen molar-refractivity contribution in [3.63, 3.8) is 0 Å². The minimum atomic E-state index is -3.42. The third-order valence-corrected chi connectivity index (χ3v) is 7.38. The van der Waals surface area contributed by atoms with Crippen LogP contribution in [0.25, 0.3) is 0 Å². The molecular weight excluding hydrogens is 413 g/mol. The van der Waals surface area contributed by atoms with Crippen molar-refractivity contribution in [1.82, 2.24) is 13.5 Å². The predicted molar refractivity (Wildman–Crippen MR) is 104 cm³/mol. The van der Waals surface area contributed by atoms with Crippen molar-refractivity contribution in [2.24, 2.45) is 0 Å². The van der Waals surface area contributed by atoms with E-state index in [9.17, 15) is 13.2 Å². The van der Waals surface area contributed by atoms with Crippen LogP contribution in [0.3, 0.4) is 0 Å². The van der Waals surface area contributed by atoms with Gasteiger partial charge in [-0.2, -0.15) is 17.0 Å². The zero-order valence-electron chi connectivity index (χ0n) is 15.1. The van der Waals surface area contributed by atoms with Crippen LogP contribution in [0.1, 0.15) is 19.8 Å². The molecule has 0 unspecified atom stereocenters. The van der Waals surface area contributed by atoms with Crippen molar-refractivity contribution < 1.29 is 17.9 Å². The van der Waals surface area contributed by atoms with E-state index in [4.69, 9.17) is 27.9 Å². The van der Waals surface area contributed by atoms with Crippen LogP contribution in [0.5, 0.6) is 5.75 Å². The molecule has 0 N–H and O–H groups in total. The van der Waals surface area contributed by atoms with Crippen LogP contribution in [-0.2, 0) is 15.0 Å². The average Bonchev–Trinajstić information content (AvgIpc) is 3.19. The molecule has 1 aromatic carbocycles. The van der Waals surface area contributed by atoms with Crippen LogP contribution in [-0.4, -0.2) is 73.2 Å². The number of carbonyl (C=O) groups excluding carboxylic acids is 1. The quantitative estimate of drug-likeness (QED) is 0.710. The first kappa shape index (κ1) is 20.7. The molecule has 2 aliphatic rings. The maximum atomic E-state index is 12.6. The first-order valence-electron chi connectivity index (χ1n) is 8.95. The Hall–Kier alpha value is -1.06. The third-order valence-electron chi connectivity index (χ3n) is 4.81. The van der Waals surface area contributed by atoms with Gasteiger partial charge >= 0.3 is 0 Å². The molecule has 10 heteroatoms. The van der Waals surface area contributed by atoms with Crippen LogP contribution in [0, 0.1) is 0 Å². The number of piperazine rings is 1. The number of rotatable bonds is 5. The summed E-state index contributed by atoms with van der Waals surface area (Å²) in [7, 11) is -3.42. The summed E-state index contributed by atoms with van der Waals surface area (Å²) in [6.07, 6.45) is 1.07. The maximum Gasteiger partial charge on any atom is 0.282 e. The minimum absolute atomic E-state index is 0.195. The Labute approximate surface area is 169 Å². The van der Waals surface area contributed by atoms with Gasteiger partial charge in [-0.3, -0.25) is 4.79 Å². The van der Waals surface area contributed by atoms with Crippen LogP contribution in [0.2, 0.25) is 10.0 Å². The highest BCUT2D eigenvalue weighted by atomic mass is 35.5. The number of nitrogens with zero attached hydrogens (tertiary/aromatic N) is 3. The molecule has 2 heterocycles. The monoisotopic (exact) mass is 435 g/mol. The second-order valence-corrected chi connectivity index (χ2v) is 9.45. The summed E-state index contributed by atoms with van der Waals surface area (Å²) >= 11 is 11.9. The summed E-state index contributed by atoms with van der Waals surface area (Å²) in [6.45, 7) is 4.07. The fourth-order valence-electron chi connectivity index (χ4n) is 3.29. The molecule has 0 bridgehead atoms. The SMILES string of the molecule is C[C@H](Oc1ccc(Cl)cc1Cl)C(=O)N1CCN(S(=O)(=O)N2CCCC2)CC1. The van der Waals surface area contributed by atoms with Gasteiger partial charge in [-0.05, 0) is 38.0 Å². The Bertz CT molecular complexity index is 791. The van der Waals surface area contributed by atoms with Crippen molar-refractivity contribution in [3.05, 3.63) is 28.2 Å². The fraction of sp³-hybridized carbons (Fsp3) is 0.588. The first-order valence-corrected chi connectivity index (χ1v) is 11.1. The smallest absolute Gasteiger partial charge is 0.282 e. The summed E-state index contributed by atoms with van der Waals surface area (Å²) in [5.41, 5.74) is 0. The van der Waals surface area contributed by atoms with Crippen LogP contribution >= 0.6 is 23.2 Å². The van der Waals surface area contributed by atoms with E-state index in [2.05, 4.69) is 0 Å². The highest BCUT2D eigenvalue weighted by Gasteiger charge is 2.35. The molecule has 150 valence electrons. The van der Waals surface area contributed by atoms with Gasteiger partial charge in [0.15, 0.2) is 6.10 Å². The van der Waals surface area contributed by atoms with Gasteiger partial charge in [0.1, 0.15) is 5.75 Å². The largest absolute Gasteiger partial charge is 0.479 e. The first-order chi connectivity index (χ1) is 12.8. The predicted octanol–water partition coefficient (Wildman–Crippen LogP) is 2.25. The van der Waals surface area contributed by atoms with Gasteiger partial charge in [0, 0.05) is 44.3 Å². The Morgan fingerprint density at radius 2 is 1.63 bits per heavy atom. The molecule has 7 nitrogen and oxygen atoms in total. The van der Waals surface area contributed by atoms with Crippen molar-refractivity contribution >= 4 is 39.3 Å². The number of halogens is 2. The van der Waals surface area contributed by atoms with E-state index in [0.717, 1.165) is 12.8 Å². The third kappa shape index (κ3) is 4.68. The number of hydrogen-bond acceptors (Lipinski definition) is 4. The molecule has 0 aromatic heterocycles. The van der Waals surface area contributed by atoms with Crippen molar-refractivity contribution in [1.29, 1.82) is 0 Å². The molecule has 1 atom stereocenters. The van der Waals surface area contributed by atoms with E-state index < -0.39 is 16.3 Å². The molecule has 0 radical (unpaired) electrons. The molecule has 1 amide bonds. The molecule has 0 aliphatic carbocycles. The molecule has 2 fully saturated rings. The molecule has 1 aromatic rings. The Kier molecular flexibility index (Phi) is 6.53. The van der Waals surface area contributed by atoms with E-state index in [-0.39, 0.29) is 5.91 Å². The Balaban J connectivity index is 1.56. The lowest BCUT2D eigenvalue weighted by Crippen LogP contribution is -2.55. The van der Waals surface area contributed by atoms with E-state index in [0.29, 0.717) is 55.1 Å². The second-order valence-electron chi connectivity index (χ2n) is 6.67. The zero-order chi connectivity index (χ0) is 19.6. The van der Waals surface area contributed by atoms with Gasteiger partial charge in [-0.25, -0.2) is 0 Å². The van der Waals surface area contributed by atoms with Gasteiger partial charge in [-0.15, -0.1) is 0 Å². The summed E-state index contributed by atoms with van der Waals surface area (Å²) in [5.74, 6) is 0.191. The summed E-state index contributed by atoms with van der Waals surface area (Å²) < 4.78 is 33.9. The summed E-state index contributed by atoms with van der Waals surface area (Å²) in [4.78, 5) is 14.3. The van der Waals surface area contributed by atoms with Crippen LogP contribution < -0.4 is 4.74 Å². The van der Waals surface area contributed by atoms with Crippen molar-refractivity contribution in [2.75, 3.05) is 39.3 Å².